The molecule has 3 heteroatoms. The molecule has 0 saturated carbocycles. The summed E-state index contributed by atoms with van der Waals surface area (Å²) in [7, 11) is 4.28. The van der Waals surface area contributed by atoms with Gasteiger partial charge in [0.2, 0.25) is 0 Å². The van der Waals surface area contributed by atoms with Gasteiger partial charge in [-0.1, -0.05) is 6.92 Å². The second-order valence-corrected chi connectivity index (χ2v) is 3.72. The highest BCUT2D eigenvalue weighted by atomic mass is 16.5. The molecule has 0 amide bonds. The zero-order valence-corrected chi connectivity index (χ0v) is 9.67. The summed E-state index contributed by atoms with van der Waals surface area (Å²) in [4.78, 5) is 0. The van der Waals surface area contributed by atoms with Gasteiger partial charge in [0.05, 0.1) is 20.7 Å². The fraction of sp³-hybridized carbons (Fsp3) is 1.00. The maximum absolute atomic E-state index is 5.65. The molecule has 0 radical (unpaired) electrons. The van der Waals surface area contributed by atoms with Crippen LogP contribution in [0.3, 0.4) is 0 Å². The van der Waals surface area contributed by atoms with Gasteiger partial charge in [-0.15, -0.1) is 0 Å². The molecule has 0 heterocycles. The first-order chi connectivity index (χ1) is 6.08. The SMILES string of the molecule is CCOC[N+](C)(C)C(CC)OCC. The van der Waals surface area contributed by atoms with Crippen molar-refractivity contribution in [1.82, 2.24) is 0 Å². The molecular weight excluding hydrogens is 166 g/mol. The Kier molecular flexibility index (Phi) is 6.29. The second kappa shape index (κ2) is 6.35. The number of hydrogen-bond donors (Lipinski definition) is 0. The van der Waals surface area contributed by atoms with Crippen molar-refractivity contribution in [3.05, 3.63) is 0 Å². The first kappa shape index (κ1) is 12.9. The molecule has 0 aromatic carbocycles. The van der Waals surface area contributed by atoms with Gasteiger partial charge in [-0.2, -0.15) is 0 Å². The molecule has 0 aromatic rings. The van der Waals surface area contributed by atoms with E-state index in [1.165, 1.54) is 0 Å². The molecule has 0 rings (SSSR count). The van der Waals surface area contributed by atoms with Crippen molar-refractivity contribution in [3.63, 3.8) is 0 Å². The van der Waals surface area contributed by atoms with Crippen molar-refractivity contribution < 1.29 is 14.0 Å². The number of rotatable bonds is 7. The van der Waals surface area contributed by atoms with Gasteiger partial charge >= 0.3 is 0 Å². The van der Waals surface area contributed by atoms with Crippen molar-refractivity contribution >= 4 is 0 Å². The van der Waals surface area contributed by atoms with E-state index in [9.17, 15) is 0 Å². The summed E-state index contributed by atoms with van der Waals surface area (Å²) in [5.74, 6) is 0. The molecular formula is C10H24NO2+. The molecule has 0 bridgehead atoms. The van der Waals surface area contributed by atoms with E-state index in [4.69, 9.17) is 9.47 Å². The van der Waals surface area contributed by atoms with Gasteiger partial charge < -0.3 is 9.47 Å². The van der Waals surface area contributed by atoms with Gasteiger partial charge in [0.15, 0.2) is 13.0 Å². The van der Waals surface area contributed by atoms with Crippen LogP contribution < -0.4 is 0 Å². The maximum Gasteiger partial charge on any atom is 0.194 e. The Hall–Kier alpha value is -0.120. The summed E-state index contributed by atoms with van der Waals surface area (Å²) in [6.45, 7) is 8.45. The van der Waals surface area contributed by atoms with Crippen LogP contribution in [-0.2, 0) is 9.47 Å². The smallest absolute Gasteiger partial charge is 0.194 e. The van der Waals surface area contributed by atoms with E-state index in [1.807, 2.05) is 13.8 Å². The van der Waals surface area contributed by atoms with Gasteiger partial charge in [-0.25, -0.2) is 0 Å². The van der Waals surface area contributed by atoms with E-state index < -0.39 is 0 Å². The van der Waals surface area contributed by atoms with E-state index in [0.29, 0.717) is 0 Å². The lowest BCUT2D eigenvalue weighted by molar-refractivity contribution is -0.954. The van der Waals surface area contributed by atoms with Crippen LogP contribution in [0.15, 0.2) is 0 Å². The standard InChI is InChI=1S/C10H24NO2/c1-6-10(13-8-3)11(4,5)9-12-7-2/h10H,6-9H2,1-5H3/q+1. The lowest BCUT2D eigenvalue weighted by Gasteiger charge is -2.36. The molecule has 1 atom stereocenters. The first-order valence-corrected chi connectivity index (χ1v) is 5.10. The highest BCUT2D eigenvalue weighted by molar-refractivity contribution is 4.39. The summed E-state index contributed by atoms with van der Waals surface area (Å²) in [6.07, 6.45) is 1.27. The van der Waals surface area contributed by atoms with Gasteiger partial charge in [-0.3, -0.25) is 4.48 Å². The minimum Gasteiger partial charge on any atom is -0.332 e. The average molecular weight is 190 g/mol. The van der Waals surface area contributed by atoms with Crippen LogP contribution in [0, 0.1) is 0 Å². The lowest BCUT2D eigenvalue weighted by Crippen LogP contribution is -2.51. The Balaban J connectivity index is 4.03. The van der Waals surface area contributed by atoms with Crippen LogP contribution in [0.25, 0.3) is 0 Å². The van der Waals surface area contributed by atoms with Crippen molar-refractivity contribution in [2.45, 2.75) is 33.4 Å². The molecule has 1 unspecified atom stereocenters. The molecule has 0 spiro atoms. The van der Waals surface area contributed by atoms with Crippen molar-refractivity contribution in [2.75, 3.05) is 34.0 Å². The zero-order valence-electron chi connectivity index (χ0n) is 9.67. The normalized spacial score (nSPS) is 14.5. The lowest BCUT2D eigenvalue weighted by atomic mass is 10.3. The van der Waals surface area contributed by atoms with E-state index in [1.54, 1.807) is 0 Å². The molecule has 0 saturated heterocycles. The molecule has 0 aliphatic carbocycles. The highest BCUT2D eigenvalue weighted by Crippen LogP contribution is 2.11. The molecule has 0 aliphatic heterocycles. The predicted octanol–water partition coefficient (Wildman–Crippen LogP) is 1.83. The maximum atomic E-state index is 5.65. The highest BCUT2D eigenvalue weighted by Gasteiger charge is 2.26. The summed E-state index contributed by atoms with van der Waals surface area (Å²) in [6, 6.07) is 0. The van der Waals surface area contributed by atoms with E-state index in [0.717, 1.165) is 30.8 Å². The first-order valence-electron chi connectivity index (χ1n) is 5.10. The fourth-order valence-electron chi connectivity index (χ4n) is 1.42. The van der Waals surface area contributed by atoms with Crippen LogP contribution in [-0.4, -0.2) is 44.8 Å². The number of nitrogens with zero attached hydrogens (tertiary/aromatic N) is 1. The summed E-state index contributed by atoms with van der Waals surface area (Å²) in [5.41, 5.74) is 0. The number of hydrogen-bond acceptors (Lipinski definition) is 2. The van der Waals surface area contributed by atoms with Gasteiger partial charge in [-0.05, 0) is 13.8 Å². The van der Waals surface area contributed by atoms with Crippen molar-refractivity contribution in [3.8, 4) is 0 Å². The van der Waals surface area contributed by atoms with E-state index in [-0.39, 0.29) is 6.23 Å². The molecule has 0 fully saturated rings. The van der Waals surface area contributed by atoms with Crippen LogP contribution in [0.5, 0.6) is 0 Å². The van der Waals surface area contributed by atoms with Crippen molar-refractivity contribution in [2.24, 2.45) is 0 Å². The van der Waals surface area contributed by atoms with Crippen LogP contribution in [0.1, 0.15) is 27.2 Å². The Labute approximate surface area is 82.2 Å². The van der Waals surface area contributed by atoms with Crippen LogP contribution in [0.4, 0.5) is 0 Å². The molecule has 13 heavy (non-hydrogen) atoms. The third-order valence-electron chi connectivity index (χ3n) is 2.12. The minimum absolute atomic E-state index is 0.247. The Bertz CT molecular complexity index is 126. The quantitative estimate of drug-likeness (QED) is 0.450. The average Bonchev–Trinajstić information content (AvgIpc) is 2.10. The Morgan fingerprint density at radius 2 is 1.69 bits per heavy atom. The Morgan fingerprint density at radius 1 is 1.08 bits per heavy atom. The second-order valence-electron chi connectivity index (χ2n) is 3.72. The predicted molar refractivity (Wildman–Crippen MR) is 54.3 cm³/mol. The molecule has 80 valence electrons. The van der Waals surface area contributed by atoms with Crippen LogP contribution in [0.2, 0.25) is 0 Å². The Morgan fingerprint density at radius 3 is 2.08 bits per heavy atom. The molecule has 0 N–H and O–H groups in total. The van der Waals surface area contributed by atoms with E-state index >= 15 is 0 Å². The van der Waals surface area contributed by atoms with Gasteiger partial charge in [0.1, 0.15) is 0 Å². The topological polar surface area (TPSA) is 18.5 Å². The van der Waals surface area contributed by atoms with Gasteiger partial charge in [0, 0.05) is 13.0 Å². The third kappa shape index (κ3) is 4.60. The number of quaternary nitrogens is 1. The van der Waals surface area contributed by atoms with Crippen molar-refractivity contribution in [1.29, 1.82) is 0 Å². The minimum atomic E-state index is 0.247. The van der Waals surface area contributed by atoms with Gasteiger partial charge in [0.25, 0.3) is 0 Å². The van der Waals surface area contributed by atoms with E-state index in [2.05, 4.69) is 21.0 Å². The largest absolute Gasteiger partial charge is 0.332 e. The third-order valence-corrected chi connectivity index (χ3v) is 2.12. The molecule has 3 nitrogen and oxygen atoms in total. The zero-order chi connectivity index (χ0) is 10.3. The van der Waals surface area contributed by atoms with Crippen LogP contribution >= 0.6 is 0 Å². The molecule has 0 aliphatic rings. The summed E-state index contributed by atoms with van der Waals surface area (Å²) in [5, 5.41) is 0. The molecule has 0 aromatic heterocycles. The monoisotopic (exact) mass is 190 g/mol. The summed E-state index contributed by atoms with van der Waals surface area (Å²) >= 11 is 0. The number of ether oxygens (including phenoxy) is 2. The summed E-state index contributed by atoms with van der Waals surface area (Å²) < 4.78 is 11.8. The fourth-order valence-corrected chi connectivity index (χ4v) is 1.42.